The summed E-state index contributed by atoms with van der Waals surface area (Å²) in [6.07, 6.45) is 5.56. The highest BCUT2D eigenvalue weighted by molar-refractivity contribution is 5.23. The zero-order valence-electron chi connectivity index (χ0n) is 13.9. The predicted molar refractivity (Wildman–Crippen MR) is 85.9 cm³/mol. The van der Waals surface area contributed by atoms with E-state index in [-0.39, 0.29) is 24.8 Å². The van der Waals surface area contributed by atoms with Gasteiger partial charge in [0.1, 0.15) is 12.0 Å². The van der Waals surface area contributed by atoms with Crippen LogP contribution in [-0.2, 0) is 4.74 Å². The fraction of sp³-hybridized carbons (Fsp3) is 0.733. The molecule has 0 spiro atoms. The van der Waals surface area contributed by atoms with Crippen LogP contribution in [0.4, 0.5) is 14.6 Å². The molecule has 1 aromatic heterocycles. The van der Waals surface area contributed by atoms with E-state index in [1.54, 1.807) is 12.3 Å². The molecule has 1 aliphatic heterocycles. The molecule has 2 aliphatic rings. The van der Waals surface area contributed by atoms with Crippen LogP contribution in [0.15, 0.2) is 17.1 Å². The minimum absolute atomic E-state index is 0.0202. The van der Waals surface area contributed by atoms with E-state index in [1.807, 2.05) is 0 Å². The fourth-order valence-corrected chi connectivity index (χ4v) is 2.61. The second-order valence-electron chi connectivity index (χ2n) is 5.81. The number of aromatic nitrogens is 2. The van der Waals surface area contributed by atoms with E-state index in [1.165, 1.54) is 4.57 Å². The number of aliphatic hydroxyl groups is 3. The van der Waals surface area contributed by atoms with Gasteiger partial charge in [0.25, 0.3) is 0 Å². The van der Waals surface area contributed by atoms with Crippen molar-refractivity contribution in [3.63, 3.8) is 0 Å². The summed E-state index contributed by atoms with van der Waals surface area (Å²) < 4.78 is 26.1. The number of anilines is 1. The lowest BCUT2D eigenvalue weighted by atomic mass is 10.2. The van der Waals surface area contributed by atoms with E-state index in [9.17, 15) is 13.6 Å². The monoisotopic (exact) mass is 365 g/mol. The lowest BCUT2D eigenvalue weighted by Gasteiger charge is -2.14. The molecule has 0 bridgehead atoms. The Morgan fingerprint density at radius 1 is 1.32 bits per heavy atom. The van der Waals surface area contributed by atoms with Crippen molar-refractivity contribution in [1.29, 1.82) is 0 Å². The Morgan fingerprint density at radius 3 is 2.32 bits per heavy atom. The highest BCUT2D eigenvalue weighted by Crippen LogP contribution is 2.26. The number of aliphatic hydroxyl groups excluding tert-OH is 1. The maximum absolute atomic E-state index is 11.5. The van der Waals surface area contributed by atoms with Crippen molar-refractivity contribution in [3.8, 4) is 0 Å². The topological polar surface area (TPSA) is 131 Å². The molecular weight excluding hydrogens is 340 g/mol. The highest BCUT2D eigenvalue weighted by atomic mass is 19.3. The van der Waals surface area contributed by atoms with E-state index in [2.05, 4.69) is 4.98 Å². The highest BCUT2D eigenvalue weighted by Gasteiger charge is 2.27. The molecule has 0 amide bonds. The van der Waals surface area contributed by atoms with Crippen LogP contribution in [0.3, 0.4) is 0 Å². The number of nitrogens with zero attached hydrogens (tertiary/aromatic N) is 2. The molecule has 5 N–H and O–H groups in total. The summed E-state index contributed by atoms with van der Waals surface area (Å²) in [6, 6.07) is 1.55. The van der Waals surface area contributed by atoms with Crippen molar-refractivity contribution in [2.75, 3.05) is 19.3 Å². The predicted octanol–water partition coefficient (Wildman–Crippen LogP) is 0.620. The number of hydrogen-bond donors (Lipinski definition) is 4. The number of rotatable bonds is 2. The maximum Gasteiger partial charge on any atom is 0.351 e. The fourth-order valence-electron chi connectivity index (χ4n) is 2.61. The van der Waals surface area contributed by atoms with Gasteiger partial charge in [0.05, 0.1) is 12.7 Å². The molecule has 3 rings (SSSR count). The number of nitrogens with two attached hydrogens (primary N) is 1. The third-order valence-corrected chi connectivity index (χ3v) is 3.85. The summed E-state index contributed by atoms with van der Waals surface area (Å²) in [4.78, 5) is 15.1. The number of halogens is 2. The van der Waals surface area contributed by atoms with Crippen LogP contribution >= 0.6 is 0 Å². The second kappa shape index (κ2) is 10.4. The first kappa shape index (κ1) is 21.4. The first-order chi connectivity index (χ1) is 11.8. The lowest BCUT2D eigenvalue weighted by molar-refractivity contribution is -0.152. The van der Waals surface area contributed by atoms with Gasteiger partial charge in [0, 0.05) is 19.0 Å². The van der Waals surface area contributed by atoms with Crippen LogP contribution in [-0.4, -0.2) is 50.3 Å². The van der Waals surface area contributed by atoms with E-state index < -0.39 is 18.4 Å². The normalized spacial score (nSPS) is 24.0. The average molecular weight is 365 g/mol. The molecule has 1 aliphatic carbocycles. The molecule has 1 aromatic rings. The SMILES string of the molecule is FCF.Nc1ccn(C2CCC(CO)O2)c(=O)n1.OC1(O)CCCC1. The minimum Gasteiger partial charge on any atom is -0.394 e. The molecule has 0 radical (unpaired) electrons. The van der Waals surface area contributed by atoms with E-state index in [0.29, 0.717) is 19.3 Å². The van der Waals surface area contributed by atoms with E-state index >= 15 is 0 Å². The summed E-state index contributed by atoms with van der Waals surface area (Å²) >= 11 is 0. The van der Waals surface area contributed by atoms with Gasteiger partial charge >= 0.3 is 5.69 Å². The van der Waals surface area contributed by atoms with Crippen molar-refractivity contribution in [2.45, 2.75) is 56.6 Å². The van der Waals surface area contributed by atoms with Crippen molar-refractivity contribution >= 4 is 5.82 Å². The molecule has 1 saturated carbocycles. The van der Waals surface area contributed by atoms with Crippen molar-refractivity contribution in [1.82, 2.24) is 9.55 Å². The van der Waals surface area contributed by atoms with Crippen LogP contribution in [0, 0.1) is 0 Å². The van der Waals surface area contributed by atoms with Gasteiger partial charge in [-0.05, 0) is 31.7 Å². The number of alkyl halides is 2. The zero-order chi connectivity index (χ0) is 18.9. The van der Waals surface area contributed by atoms with E-state index in [4.69, 9.17) is 25.8 Å². The first-order valence-electron chi connectivity index (χ1n) is 8.00. The Morgan fingerprint density at radius 2 is 1.92 bits per heavy atom. The van der Waals surface area contributed by atoms with Gasteiger partial charge < -0.3 is 25.8 Å². The average Bonchev–Trinajstić information content (AvgIpc) is 3.17. The summed E-state index contributed by atoms with van der Waals surface area (Å²) in [7, 11) is 0. The van der Waals surface area contributed by atoms with Crippen molar-refractivity contribution in [3.05, 3.63) is 22.7 Å². The summed E-state index contributed by atoms with van der Waals surface area (Å²) in [5, 5.41) is 26.4. The van der Waals surface area contributed by atoms with E-state index in [0.717, 1.165) is 19.3 Å². The largest absolute Gasteiger partial charge is 0.394 e. The molecule has 2 unspecified atom stereocenters. The maximum atomic E-state index is 11.5. The molecule has 8 nitrogen and oxygen atoms in total. The van der Waals surface area contributed by atoms with Gasteiger partial charge in [-0.3, -0.25) is 4.57 Å². The Balaban J connectivity index is 0.000000260. The summed E-state index contributed by atoms with van der Waals surface area (Å²) in [6.45, 7) is -1.77. The zero-order valence-corrected chi connectivity index (χ0v) is 13.9. The number of hydrogen-bond acceptors (Lipinski definition) is 7. The molecule has 2 heterocycles. The number of nitrogen functional groups attached to an aromatic ring is 1. The lowest BCUT2D eigenvalue weighted by Crippen LogP contribution is -2.27. The Kier molecular flexibility index (Phi) is 8.90. The van der Waals surface area contributed by atoms with Gasteiger partial charge in [-0.15, -0.1) is 0 Å². The second-order valence-corrected chi connectivity index (χ2v) is 5.81. The third-order valence-electron chi connectivity index (χ3n) is 3.85. The van der Waals surface area contributed by atoms with Crippen LogP contribution in [0.25, 0.3) is 0 Å². The van der Waals surface area contributed by atoms with Gasteiger partial charge in [-0.2, -0.15) is 4.98 Å². The van der Waals surface area contributed by atoms with Crippen LogP contribution < -0.4 is 11.4 Å². The minimum atomic E-state index is -1.75. The van der Waals surface area contributed by atoms with Crippen molar-refractivity contribution in [2.24, 2.45) is 0 Å². The third kappa shape index (κ3) is 7.43. The van der Waals surface area contributed by atoms with Gasteiger partial charge in [-0.1, -0.05) is 0 Å². The molecule has 2 atom stereocenters. The molecule has 25 heavy (non-hydrogen) atoms. The van der Waals surface area contributed by atoms with Gasteiger partial charge in [0.2, 0.25) is 6.93 Å². The Hall–Kier alpha value is -1.62. The summed E-state index contributed by atoms with van der Waals surface area (Å²) in [5.74, 6) is -1.10. The van der Waals surface area contributed by atoms with Crippen LogP contribution in [0.1, 0.15) is 44.8 Å². The Labute approximate surface area is 143 Å². The van der Waals surface area contributed by atoms with Crippen LogP contribution in [0.2, 0.25) is 0 Å². The Bertz CT molecular complexity index is 562. The molecule has 1 saturated heterocycles. The standard InChI is InChI=1S/C9H13N3O3.C5H10O2.CH2F2/c10-7-3-4-12(9(14)11-7)8-2-1-6(5-13)15-8;6-5(7)3-1-2-4-5;2-1-3/h3-4,6,8,13H,1-2,5H2,(H2,10,11,14);6-7H,1-4H2;1H2. The molecule has 144 valence electrons. The van der Waals surface area contributed by atoms with Crippen molar-refractivity contribution < 1.29 is 28.8 Å². The number of ether oxygens (including phenoxy) is 1. The molecular formula is C15H25F2N3O5. The molecule has 0 aromatic carbocycles. The van der Waals surface area contributed by atoms with Crippen LogP contribution in [0.5, 0.6) is 0 Å². The smallest absolute Gasteiger partial charge is 0.351 e. The molecule has 2 fully saturated rings. The van der Waals surface area contributed by atoms with Gasteiger partial charge in [0.15, 0.2) is 5.79 Å². The molecule has 10 heteroatoms. The quantitative estimate of drug-likeness (QED) is 0.565. The summed E-state index contributed by atoms with van der Waals surface area (Å²) in [5.41, 5.74) is 4.96. The van der Waals surface area contributed by atoms with Gasteiger partial charge in [-0.25, -0.2) is 13.6 Å². The first-order valence-corrected chi connectivity index (χ1v) is 8.00.